The van der Waals surface area contributed by atoms with E-state index in [2.05, 4.69) is 15.5 Å². The SMILES string of the molecule is O.O.O=C1C=Cc2ccccc2C1=NNc1nccs1.[Cu+]. The number of thiazole rings is 1. The maximum atomic E-state index is 11.8. The number of hydrogen-bond donors (Lipinski definition) is 1. The Morgan fingerprint density at radius 1 is 1.14 bits per heavy atom. The summed E-state index contributed by atoms with van der Waals surface area (Å²) in [6.45, 7) is 0. The first-order chi connectivity index (χ1) is 8.84. The quantitative estimate of drug-likeness (QED) is 0.637. The molecule has 114 valence electrons. The standard InChI is InChI=1S/C13H9N3OS.Cu.2H2O/c17-11-6-5-9-3-1-2-4-10(9)12(11)15-16-13-14-7-8-18-13;;;/h1-8H,(H,14,16);;2*1H2/q;+1;;. The van der Waals surface area contributed by atoms with E-state index < -0.39 is 0 Å². The Balaban J connectivity index is 0.00000133. The van der Waals surface area contributed by atoms with Crippen molar-refractivity contribution in [3.63, 3.8) is 0 Å². The minimum Gasteiger partial charge on any atom is -0.412 e. The Kier molecular flexibility index (Phi) is 7.72. The van der Waals surface area contributed by atoms with E-state index in [-0.39, 0.29) is 33.8 Å². The maximum Gasteiger partial charge on any atom is 1.00 e. The summed E-state index contributed by atoms with van der Waals surface area (Å²) in [4.78, 5) is 15.9. The van der Waals surface area contributed by atoms with Crippen molar-refractivity contribution < 1.29 is 32.8 Å². The fourth-order valence-electron chi connectivity index (χ4n) is 1.73. The molecule has 2 aromatic rings. The first-order valence-corrected chi connectivity index (χ1v) is 6.27. The van der Waals surface area contributed by atoms with Crippen LogP contribution in [0.2, 0.25) is 0 Å². The Labute approximate surface area is 135 Å². The van der Waals surface area contributed by atoms with E-state index in [1.807, 2.05) is 29.6 Å². The van der Waals surface area contributed by atoms with Crippen LogP contribution in [0.1, 0.15) is 11.1 Å². The van der Waals surface area contributed by atoms with Crippen LogP contribution in [0.4, 0.5) is 5.13 Å². The Bertz CT molecular complexity index is 656. The molecule has 6 nitrogen and oxygen atoms in total. The van der Waals surface area contributed by atoms with Crippen LogP contribution in [0.15, 0.2) is 47.0 Å². The van der Waals surface area contributed by atoms with E-state index in [1.54, 1.807) is 12.3 Å². The molecule has 5 N–H and O–H groups in total. The summed E-state index contributed by atoms with van der Waals surface area (Å²) in [7, 11) is 0. The summed E-state index contributed by atoms with van der Waals surface area (Å²) in [5.41, 5.74) is 5.06. The molecule has 0 unspecified atom stereocenters. The van der Waals surface area contributed by atoms with E-state index in [9.17, 15) is 4.79 Å². The Morgan fingerprint density at radius 2 is 1.90 bits per heavy atom. The third-order valence-corrected chi connectivity index (χ3v) is 3.24. The number of carbonyl (C=O) groups is 1. The van der Waals surface area contributed by atoms with Gasteiger partial charge in [-0.2, -0.15) is 5.10 Å². The van der Waals surface area contributed by atoms with Crippen molar-refractivity contribution in [1.82, 2.24) is 4.98 Å². The van der Waals surface area contributed by atoms with Gasteiger partial charge in [-0.15, -0.1) is 11.3 Å². The summed E-state index contributed by atoms with van der Waals surface area (Å²) in [5, 5.41) is 6.68. The summed E-state index contributed by atoms with van der Waals surface area (Å²) < 4.78 is 0. The topological polar surface area (TPSA) is 117 Å². The van der Waals surface area contributed by atoms with Crippen molar-refractivity contribution in [2.75, 3.05) is 5.43 Å². The second kappa shape index (κ2) is 8.45. The van der Waals surface area contributed by atoms with Crippen LogP contribution in [0.5, 0.6) is 0 Å². The third-order valence-electron chi connectivity index (χ3n) is 2.56. The molecule has 1 heterocycles. The van der Waals surface area contributed by atoms with Crippen molar-refractivity contribution >= 4 is 34.0 Å². The van der Waals surface area contributed by atoms with Gasteiger partial charge in [-0.3, -0.25) is 10.2 Å². The van der Waals surface area contributed by atoms with Crippen LogP contribution < -0.4 is 5.43 Å². The number of hydrazone groups is 1. The maximum absolute atomic E-state index is 11.8. The predicted octanol–water partition coefficient (Wildman–Crippen LogP) is 0.903. The van der Waals surface area contributed by atoms with Gasteiger partial charge in [0.25, 0.3) is 0 Å². The summed E-state index contributed by atoms with van der Waals surface area (Å²) in [5.74, 6) is -0.0993. The summed E-state index contributed by atoms with van der Waals surface area (Å²) in [6.07, 6.45) is 5.02. The number of aromatic nitrogens is 1. The Morgan fingerprint density at radius 3 is 2.62 bits per heavy atom. The molecular formula is C13H13CuN3O3S+. The van der Waals surface area contributed by atoms with Crippen molar-refractivity contribution in [1.29, 1.82) is 0 Å². The minimum atomic E-state index is -0.0993. The largest absolute Gasteiger partial charge is 1.00 e. The molecule has 0 atom stereocenters. The van der Waals surface area contributed by atoms with Crippen molar-refractivity contribution in [3.8, 4) is 0 Å². The first kappa shape index (κ1) is 19.2. The molecule has 0 spiro atoms. The molecular weight excluding hydrogens is 342 g/mol. The van der Waals surface area contributed by atoms with Gasteiger partial charge < -0.3 is 11.0 Å². The van der Waals surface area contributed by atoms with Gasteiger partial charge in [-0.25, -0.2) is 4.98 Å². The fraction of sp³-hybridized carbons (Fsp3) is 0. The second-order valence-corrected chi connectivity index (χ2v) is 4.59. The second-order valence-electron chi connectivity index (χ2n) is 3.69. The molecule has 1 aliphatic rings. The average molecular weight is 355 g/mol. The molecule has 1 aliphatic carbocycles. The van der Waals surface area contributed by atoms with Gasteiger partial charge in [0, 0.05) is 17.1 Å². The van der Waals surface area contributed by atoms with E-state index in [4.69, 9.17) is 0 Å². The number of rotatable bonds is 2. The first-order valence-electron chi connectivity index (χ1n) is 5.39. The average Bonchev–Trinajstić information content (AvgIpc) is 2.91. The minimum absolute atomic E-state index is 0. The molecule has 21 heavy (non-hydrogen) atoms. The van der Waals surface area contributed by atoms with Crippen molar-refractivity contribution in [2.45, 2.75) is 0 Å². The van der Waals surface area contributed by atoms with Gasteiger partial charge in [-0.05, 0) is 11.6 Å². The zero-order valence-corrected chi connectivity index (χ0v) is 12.4. The van der Waals surface area contributed by atoms with Gasteiger partial charge in [-0.1, -0.05) is 30.3 Å². The zero-order valence-electron chi connectivity index (χ0n) is 10.6. The number of ketones is 1. The van der Waals surface area contributed by atoms with E-state index in [0.29, 0.717) is 10.8 Å². The number of nitrogens with one attached hydrogen (secondary N) is 1. The summed E-state index contributed by atoms with van der Waals surface area (Å²) in [6, 6.07) is 7.67. The number of carbonyl (C=O) groups excluding carboxylic acids is 1. The molecule has 0 saturated heterocycles. The monoisotopic (exact) mass is 354 g/mol. The molecule has 1 aromatic heterocycles. The van der Waals surface area contributed by atoms with Crippen LogP contribution >= 0.6 is 11.3 Å². The fourth-order valence-corrected chi connectivity index (χ4v) is 2.20. The number of anilines is 1. The van der Waals surface area contributed by atoms with Crippen LogP contribution in [0, 0.1) is 0 Å². The number of benzene rings is 1. The number of nitrogens with zero attached hydrogens (tertiary/aromatic N) is 2. The van der Waals surface area contributed by atoms with Crippen LogP contribution in [-0.2, 0) is 21.9 Å². The molecule has 0 fully saturated rings. The molecule has 0 amide bonds. The van der Waals surface area contributed by atoms with Crippen LogP contribution in [0.25, 0.3) is 6.08 Å². The molecule has 3 rings (SSSR count). The molecule has 0 saturated carbocycles. The molecule has 1 aromatic carbocycles. The van der Waals surface area contributed by atoms with E-state index in [1.165, 1.54) is 17.4 Å². The van der Waals surface area contributed by atoms with Crippen molar-refractivity contribution in [3.05, 3.63) is 53.0 Å². The van der Waals surface area contributed by atoms with Gasteiger partial charge >= 0.3 is 17.1 Å². The smallest absolute Gasteiger partial charge is 0.412 e. The van der Waals surface area contributed by atoms with Crippen LogP contribution in [-0.4, -0.2) is 27.4 Å². The van der Waals surface area contributed by atoms with Crippen molar-refractivity contribution in [2.24, 2.45) is 5.10 Å². The van der Waals surface area contributed by atoms with E-state index in [0.717, 1.165) is 11.1 Å². The Hall–Kier alpha value is -1.83. The summed E-state index contributed by atoms with van der Waals surface area (Å²) >= 11 is 1.44. The third kappa shape index (κ3) is 4.07. The van der Waals surface area contributed by atoms with Gasteiger partial charge in [0.2, 0.25) is 10.9 Å². The zero-order chi connectivity index (χ0) is 12.4. The number of fused-ring (bicyclic) bond motifs is 1. The van der Waals surface area contributed by atoms with E-state index >= 15 is 0 Å². The molecule has 0 radical (unpaired) electrons. The van der Waals surface area contributed by atoms with Gasteiger partial charge in [0.1, 0.15) is 5.71 Å². The normalized spacial score (nSPS) is 13.5. The molecule has 0 bridgehead atoms. The van der Waals surface area contributed by atoms with Crippen LogP contribution in [0.3, 0.4) is 0 Å². The number of allylic oxidation sites excluding steroid dienone is 1. The van der Waals surface area contributed by atoms with Gasteiger partial charge in [0.05, 0.1) is 0 Å². The molecule has 8 heteroatoms. The number of hydrogen-bond acceptors (Lipinski definition) is 5. The predicted molar refractivity (Wildman–Crippen MR) is 80.0 cm³/mol. The molecule has 0 aliphatic heterocycles. The van der Waals surface area contributed by atoms with Gasteiger partial charge in [0.15, 0.2) is 0 Å².